The van der Waals surface area contributed by atoms with E-state index in [0.29, 0.717) is 24.7 Å². The summed E-state index contributed by atoms with van der Waals surface area (Å²) in [7, 11) is -3.87. The summed E-state index contributed by atoms with van der Waals surface area (Å²) in [5.41, 5.74) is 0.538. The number of hydrogen-bond donors (Lipinski definition) is 1. The molecule has 1 heterocycles. The molecule has 0 spiro atoms. The predicted molar refractivity (Wildman–Crippen MR) is 92.3 cm³/mol. The van der Waals surface area contributed by atoms with Crippen molar-refractivity contribution in [3.05, 3.63) is 53.6 Å². The number of carboxylic acid groups (broad SMARTS) is 1. The van der Waals surface area contributed by atoms with E-state index in [4.69, 9.17) is 5.11 Å². The number of carbonyl (C=O) groups is 1. The van der Waals surface area contributed by atoms with E-state index in [-0.39, 0.29) is 16.4 Å². The summed E-state index contributed by atoms with van der Waals surface area (Å²) in [5.74, 6) is 0.0529. The molecule has 0 aliphatic carbocycles. The van der Waals surface area contributed by atoms with Crippen molar-refractivity contribution in [3.63, 3.8) is 0 Å². The van der Waals surface area contributed by atoms with Crippen molar-refractivity contribution < 1.29 is 31.5 Å². The fourth-order valence-corrected chi connectivity index (χ4v) is 3.95. The summed E-state index contributed by atoms with van der Waals surface area (Å²) in [6.45, 7) is 0.757. The Balaban J connectivity index is 1.93. The number of halogens is 3. The highest BCUT2D eigenvalue weighted by Crippen LogP contribution is 2.36. The van der Waals surface area contributed by atoms with Crippen LogP contribution in [0.2, 0.25) is 0 Å². The van der Waals surface area contributed by atoms with E-state index in [1.807, 2.05) is 0 Å². The normalized spacial score (nSPS) is 15.5. The molecule has 9 heteroatoms. The van der Waals surface area contributed by atoms with Crippen LogP contribution in [0.4, 0.5) is 18.0 Å². The molecule has 1 saturated heterocycles. The van der Waals surface area contributed by atoms with Crippen LogP contribution >= 0.6 is 0 Å². The minimum Gasteiger partial charge on any atom is -0.465 e. The van der Waals surface area contributed by atoms with E-state index in [1.165, 1.54) is 4.90 Å². The molecule has 0 saturated carbocycles. The molecule has 1 amide bonds. The Morgan fingerprint density at radius 3 is 2.19 bits per heavy atom. The molecule has 2 aromatic rings. The van der Waals surface area contributed by atoms with Gasteiger partial charge in [-0.05, 0) is 23.3 Å². The number of amides is 1. The third kappa shape index (κ3) is 3.92. The second kappa shape index (κ2) is 6.56. The van der Waals surface area contributed by atoms with Gasteiger partial charge in [0.25, 0.3) is 0 Å². The van der Waals surface area contributed by atoms with Crippen molar-refractivity contribution in [1.82, 2.24) is 4.90 Å². The zero-order chi connectivity index (χ0) is 20.0. The highest BCUT2D eigenvalue weighted by atomic mass is 32.2. The van der Waals surface area contributed by atoms with Crippen molar-refractivity contribution in [1.29, 1.82) is 0 Å². The SMILES string of the molecule is CS(=O)(=O)c1cc(C(F)(F)F)ccc1-c1ccc(C2CN(C(=O)O)C2)cc1. The Labute approximate surface area is 154 Å². The van der Waals surface area contributed by atoms with Gasteiger partial charge in [0.05, 0.1) is 10.5 Å². The van der Waals surface area contributed by atoms with Crippen LogP contribution in [-0.2, 0) is 16.0 Å². The molecular formula is C18H16F3NO4S. The third-order valence-electron chi connectivity index (χ3n) is 4.55. The average molecular weight is 399 g/mol. The quantitative estimate of drug-likeness (QED) is 0.851. The van der Waals surface area contributed by atoms with Crippen molar-refractivity contribution >= 4 is 15.9 Å². The number of hydrogen-bond acceptors (Lipinski definition) is 3. The molecule has 144 valence electrons. The lowest BCUT2D eigenvalue weighted by molar-refractivity contribution is -0.137. The smallest absolute Gasteiger partial charge is 0.416 e. The summed E-state index contributed by atoms with van der Waals surface area (Å²) >= 11 is 0. The maximum absolute atomic E-state index is 12.9. The average Bonchev–Trinajstić information content (AvgIpc) is 2.51. The van der Waals surface area contributed by atoms with Gasteiger partial charge in [0.1, 0.15) is 0 Å². The first-order valence-electron chi connectivity index (χ1n) is 7.96. The fourth-order valence-electron chi connectivity index (χ4n) is 3.02. The van der Waals surface area contributed by atoms with Gasteiger partial charge in [0.2, 0.25) is 0 Å². The summed E-state index contributed by atoms with van der Waals surface area (Å²) in [6, 6.07) is 9.41. The molecule has 0 atom stereocenters. The zero-order valence-corrected chi connectivity index (χ0v) is 15.0. The van der Waals surface area contributed by atoms with Gasteiger partial charge in [0.15, 0.2) is 9.84 Å². The lowest BCUT2D eigenvalue weighted by Crippen LogP contribution is -2.47. The van der Waals surface area contributed by atoms with Gasteiger partial charge in [-0.15, -0.1) is 0 Å². The molecule has 1 aliphatic heterocycles. The van der Waals surface area contributed by atoms with Gasteiger partial charge in [0, 0.05) is 30.8 Å². The third-order valence-corrected chi connectivity index (χ3v) is 5.69. The Hall–Kier alpha value is -2.55. The molecule has 0 unspecified atom stereocenters. The summed E-state index contributed by atoms with van der Waals surface area (Å²) in [6.07, 6.45) is -4.75. The van der Waals surface area contributed by atoms with Gasteiger partial charge in [-0.1, -0.05) is 30.3 Å². The predicted octanol–water partition coefficient (Wildman–Crippen LogP) is 3.85. The van der Waals surface area contributed by atoms with Crippen molar-refractivity contribution in [2.75, 3.05) is 19.3 Å². The monoisotopic (exact) mass is 399 g/mol. The first-order chi connectivity index (χ1) is 12.5. The highest BCUT2D eigenvalue weighted by molar-refractivity contribution is 7.90. The van der Waals surface area contributed by atoms with Crippen molar-refractivity contribution in [2.24, 2.45) is 0 Å². The second-order valence-corrected chi connectivity index (χ2v) is 8.47. The molecule has 1 N–H and O–H groups in total. The Morgan fingerprint density at radius 2 is 1.70 bits per heavy atom. The first kappa shape index (κ1) is 19.2. The minimum atomic E-state index is -4.64. The van der Waals surface area contributed by atoms with Crippen LogP contribution in [0.5, 0.6) is 0 Å². The van der Waals surface area contributed by atoms with E-state index < -0.39 is 27.7 Å². The second-order valence-electron chi connectivity index (χ2n) is 6.49. The van der Waals surface area contributed by atoms with Gasteiger partial charge in [-0.2, -0.15) is 13.2 Å². The molecule has 0 bridgehead atoms. The Kier molecular flexibility index (Phi) is 4.67. The Bertz CT molecular complexity index is 979. The van der Waals surface area contributed by atoms with Crippen LogP contribution in [0, 0.1) is 0 Å². The standard InChI is InChI=1S/C18H16F3NO4S/c1-27(25,26)16-8-14(18(19,20)21)6-7-15(16)12-4-2-11(3-5-12)13-9-22(10-13)17(23)24/h2-8,13H,9-10H2,1H3,(H,23,24). The molecule has 1 aliphatic rings. The molecule has 0 radical (unpaired) electrons. The van der Waals surface area contributed by atoms with Crippen molar-refractivity contribution in [3.8, 4) is 11.1 Å². The molecule has 5 nitrogen and oxygen atoms in total. The van der Waals surface area contributed by atoms with E-state index >= 15 is 0 Å². The zero-order valence-electron chi connectivity index (χ0n) is 14.2. The number of rotatable bonds is 3. The maximum Gasteiger partial charge on any atom is 0.416 e. The molecule has 1 fully saturated rings. The van der Waals surface area contributed by atoms with Crippen LogP contribution in [0.15, 0.2) is 47.4 Å². The fraction of sp³-hybridized carbons (Fsp3) is 0.278. The molecule has 0 aromatic heterocycles. The van der Waals surface area contributed by atoms with Gasteiger partial charge < -0.3 is 10.0 Å². The minimum absolute atomic E-state index is 0.0529. The number of sulfone groups is 1. The van der Waals surface area contributed by atoms with Crippen LogP contribution in [-0.4, -0.2) is 43.9 Å². The number of nitrogens with zero attached hydrogens (tertiary/aromatic N) is 1. The number of likely N-dealkylation sites (tertiary alicyclic amines) is 1. The van der Waals surface area contributed by atoms with Gasteiger partial charge in [-0.3, -0.25) is 0 Å². The molecule has 2 aromatic carbocycles. The topological polar surface area (TPSA) is 74.7 Å². The molecule has 3 rings (SSSR count). The molecular weight excluding hydrogens is 383 g/mol. The van der Waals surface area contributed by atoms with Crippen LogP contribution in [0.25, 0.3) is 11.1 Å². The summed E-state index contributed by atoms with van der Waals surface area (Å²) in [5, 5.41) is 8.87. The lowest BCUT2D eigenvalue weighted by Gasteiger charge is -2.37. The highest BCUT2D eigenvalue weighted by Gasteiger charge is 2.33. The van der Waals surface area contributed by atoms with Gasteiger partial charge in [-0.25, -0.2) is 13.2 Å². The largest absolute Gasteiger partial charge is 0.465 e. The lowest BCUT2D eigenvalue weighted by atomic mass is 9.90. The number of alkyl halides is 3. The summed E-state index contributed by atoms with van der Waals surface area (Å²) in [4.78, 5) is 11.7. The van der Waals surface area contributed by atoms with Gasteiger partial charge >= 0.3 is 12.3 Å². The van der Waals surface area contributed by atoms with Crippen LogP contribution < -0.4 is 0 Å². The maximum atomic E-state index is 12.9. The first-order valence-corrected chi connectivity index (χ1v) is 9.85. The van der Waals surface area contributed by atoms with Crippen LogP contribution in [0.1, 0.15) is 17.0 Å². The van der Waals surface area contributed by atoms with E-state index in [1.54, 1.807) is 24.3 Å². The van der Waals surface area contributed by atoms with E-state index in [0.717, 1.165) is 24.0 Å². The van der Waals surface area contributed by atoms with E-state index in [9.17, 15) is 26.4 Å². The van der Waals surface area contributed by atoms with Crippen molar-refractivity contribution in [2.45, 2.75) is 17.0 Å². The van der Waals surface area contributed by atoms with E-state index in [2.05, 4.69) is 0 Å². The number of benzene rings is 2. The Morgan fingerprint density at radius 1 is 1.11 bits per heavy atom. The molecule has 27 heavy (non-hydrogen) atoms. The summed E-state index contributed by atoms with van der Waals surface area (Å²) < 4.78 is 62.8. The van der Waals surface area contributed by atoms with Crippen LogP contribution in [0.3, 0.4) is 0 Å².